The fourth-order valence-electron chi connectivity index (χ4n) is 1.08. The summed E-state index contributed by atoms with van der Waals surface area (Å²) in [7, 11) is 0. The third-order valence-electron chi connectivity index (χ3n) is 1.75. The predicted octanol–water partition coefficient (Wildman–Crippen LogP) is 3.13. The molecule has 0 aliphatic heterocycles. The van der Waals surface area contributed by atoms with E-state index in [0.717, 1.165) is 0 Å². The van der Waals surface area contributed by atoms with Crippen molar-refractivity contribution in [2.45, 2.75) is 26.4 Å². The van der Waals surface area contributed by atoms with Crippen molar-refractivity contribution >= 4 is 27.6 Å². The van der Waals surface area contributed by atoms with E-state index in [2.05, 4.69) is 15.9 Å². The summed E-state index contributed by atoms with van der Waals surface area (Å²) >= 11 is 2.98. The van der Waals surface area contributed by atoms with Crippen LogP contribution in [-0.4, -0.2) is 11.6 Å². The molecule has 16 heavy (non-hydrogen) atoms. The number of ether oxygens (including phenoxy) is 1. The molecule has 1 aromatic rings. The number of nitrogen functional groups attached to an aromatic ring is 1. The average molecular weight is 290 g/mol. The molecule has 0 saturated carbocycles. The van der Waals surface area contributed by atoms with Gasteiger partial charge in [-0.2, -0.15) is 0 Å². The quantitative estimate of drug-likeness (QED) is 0.638. The molecule has 0 aromatic heterocycles. The molecule has 0 aliphatic rings. The first-order valence-electron chi connectivity index (χ1n) is 4.69. The van der Waals surface area contributed by atoms with Crippen molar-refractivity contribution in [3.05, 3.63) is 28.0 Å². The smallest absolute Gasteiger partial charge is 0.340 e. The maximum atomic E-state index is 13.4. The highest BCUT2D eigenvalue weighted by Gasteiger charge is 2.21. The zero-order chi connectivity index (χ0) is 12.5. The standard InChI is InChI=1S/C11H13BrFNO2/c1-11(2,3)16-10(15)6-4-5-7(12)8(13)9(6)14/h4-5H,14H2,1-3H3. The van der Waals surface area contributed by atoms with Gasteiger partial charge < -0.3 is 10.5 Å². The van der Waals surface area contributed by atoms with Gasteiger partial charge in [-0.25, -0.2) is 9.18 Å². The Labute approximate surface area is 102 Å². The van der Waals surface area contributed by atoms with Crippen LogP contribution in [0.15, 0.2) is 16.6 Å². The van der Waals surface area contributed by atoms with Gasteiger partial charge in [-0.15, -0.1) is 0 Å². The Morgan fingerprint density at radius 3 is 2.50 bits per heavy atom. The molecule has 0 amide bonds. The number of rotatable bonds is 1. The van der Waals surface area contributed by atoms with Gasteiger partial charge in [0, 0.05) is 0 Å². The number of hydrogen-bond donors (Lipinski definition) is 1. The Bertz CT molecular complexity index is 427. The minimum Gasteiger partial charge on any atom is -0.456 e. The van der Waals surface area contributed by atoms with Crippen LogP contribution in [-0.2, 0) is 4.74 Å². The molecule has 0 heterocycles. The molecule has 3 nitrogen and oxygen atoms in total. The molecular weight excluding hydrogens is 277 g/mol. The molecule has 0 aliphatic carbocycles. The summed E-state index contributed by atoms with van der Waals surface area (Å²) in [5, 5.41) is 0. The number of hydrogen-bond acceptors (Lipinski definition) is 3. The first kappa shape index (κ1) is 13.0. The first-order chi connectivity index (χ1) is 7.22. The van der Waals surface area contributed by atoms with Crippen molar-refractivity contribution in [2.24, 2.45) is 0 Å². The molecule has 0 fully saturated rings. The van der Waals surface area contributed by atoms with Crippen LogP contribution in [0.2, 0.25) is 0 Å². The van der Waals surface area contributed by atoms with E-state index in [9.17, 15) is 9.18 Å². The Morgan fingerprint density at radius 1 is 1.44 bits per heavy atom. The summed E-state index contributed by atoms with van der Waals surface area (Å²) in [4.78, 5) is 11.7. The maximum absolute atomic E-state index is 13.4. The Morgan fingerprint density at radius 2 is 2.00 bits per heavy atom. The lowest BCUT2D eigenvalue weighted by Gasteiger charge is -2.20. The number of esters is 1. The van der Waals surface area contributed by atoms with E-state index in [4.69, 9.17) is 10.5 Å². The second kappa shape index (κ2) is 4.41. The largest absolute Gasteiger partial charge is 0.456 e. The van der Waals surface area contributed by atoms with Gasteiger partial charge in [0.15, 0.2) is 5.82 Å². The van der Waals surface area contributed by atoms with Gasteiger partial charge >= 0.3 is 5.97 Å². The summed E-state index contributed by atoms with van der Waals surface area (Å²) in [6, 6.07) is 2.85. The lowest BCUT2D eigenvalue weighted by atomic mass is 10.1. The van der Waals surface area contributed by atoms with E-state index in [-0.39, 0.29) is 15.7 Å². The number of carbonyl (C=O) groups excluding carboxylic acids is 1. The SMILES string of the molecule is CC(C)(C)OC(=O)c1ccc(Br)c(F)c1N. The van der Waals surface area contributed by atoms with Crippen LogP contribution in [0.5, 0.6) is 0 Å². The van der Waals surface area contributed by atoms with Crippen LogP contribution < -0.4 is 5.73 Å². The fraction of sp³-hybridized carbons (Fsp3) is 0.364. The number of nitrogens with two attached hydrogens (primary N) is 1. The molecule has 0 unspecified atom stereocenters. The van der Waals surface area contributed by atoms with E-state index >= 15 is 0 Å². The summed E-state index contributed by atoms with van der Waals surface area (Å²) in [6.45, 7) is 5.20. The normalized spacial score (nSPS) is 11.3. The zero-order valence-corrected chi connectivity index (χ0v) is 10.9. The van der Waals surface area contributed by atoms with Crippen molar-refractivity contribution in [3.8, 4) is 0 Å². The Kier molecular flexibility index (Phi) is 3.57. The number of benzene rings is 1. The minimum absolute atomic E-state index is 0.0376. The van der Waals surface area contributed by atoms with E-state index in [1.807, 2.05) is 0 Å². The van der Waals surface area contributed by atoms with Gasteiger partial charge in [0.05, 0.1) is 15.7 Å². The molecule has 88 valence electrons. The van der Waals surface area contributed by atoms with Crippen LogP contribution in [0.4, 0.5) is 10.1 Å². The van der Waals surface area contributed by atoms with Crippen molar-refractivity contribution in [1.29, 1.82) is 0 Å². The topological polar surface area (TPSA) is 52.3 Å². The highest BCUT2D eigenvalue weighted by atomic mass is 79.9. The molecule has 0 bridgehead atoms. The van der Waals surface area contributed by atoms with E-state index in [0.29, 0.717) is 0 Å². The molecule has 1 rings (SSSR count). The van der Waals surface area contributed by atoms with Crippen LogP contribution in [0.25, 0.3) is 0 Å². The van der Waals surface area contributed by atoms with Crippen molar-refractivity contribution in [3.63, 3.8) is 0 Å². The maximum Gasteiger partial charge on any atom is 0.340 e. The van der Waals surface area contributed by atoms with Crippen molar-refractivity contribution < 1.29 is 13.9 Å². The fourth-order valence-corrected chi connectivity index (χ4v) is 1.42. The number of carbonyl (C=O) groups is 1. The van der Waals surface area contributed by atoms with Crippen molar-refractivity contribution in [1.82, 2.24) is 0 Å². The first-order valence-corrected chi connectivity index (χ1v) is 5.48. The molecule has 1 aromatic carbocycles. The second-order valence-corrected chi connectivity index (χ2v) is 5.18. The average Bonchev–Trinajstić information content (AvgIpc) is 2.11. The van der Waals surface area contributed by atoms with E-state index in [1.54, 1.807) is 20.8 Å². The molecule has 0 saturated heterocycles. The van der Waals surface area contributed by atoms with Crippen LogP contribution in [0.3, 0.4) is 0 Å². The monoisotopic (exact) mass is 289 g/mol. The van der Waals surface area contributed by atoms with E-state index in [1.165, 1.54) is 12.1 Å². The summed E-state index contributed by atoms with van der Waals surface area (Å²) < 4.78 is 18.7. The molecule has 2 N–H and O–H groups in total. The van der Waals surface area contributed by atoms with Crippen LogP contribution in [0.1, 0.15) is 31.1 Å². The molecule has 5 heteroatoms. The lowest BCUT2D eigenvalue weighted by molar-refractivity contribution is 0.00704. The van der Waals surface area contributed by atoms with Crippen LogP contribution >= 0.6 is 15.9 Å². The summed E-state index contributed by atoms with van der Waals surface area (Å²) in [5.41, 5.74) is 4.70. The van der Waals surface area contributed by atoms with Gasteiger partial charge in [-0.3, -0.25) is 0 Å². The Balaban J connectivity index is 3.06. The van der Waals surface area contributed by atoms with Gasteiger partial charge in [0.2, 0.25) is 0 Å². The van der Waals surface area contributed by atoms with Gasteiger partial charge in [-0.05, 0) is 48.8 Å². The molecule has 0 radical (unpaired) electrons. The third kappa shape index (κ3) is 2.95. The van der Waals surface area contributed by atoms with E-state index < -0.39 is 17.4 Å². The highest BCUT2D eigenvalue weighted by molar-refractivity contribution is 9.10. The second-order valence-electron chi connectivity index (χ2n) is 4.32. The van der Waals surface area contributed by atoms with Gasteiger partial charge in [0.25, 0.3) is 0 Å². The van der Waals surface area contributed by atoms with Gasteiger partial charge in [0.1, 0.15) is 5.60 Å². The van der Waals surface area contributed by atoms with Crippen molar-refractivity contribution in [2.75, 3.05) is 5.73 Å². The van der Waals surface area contributed by atoms with Gasteiger partial charge in [-0.1, -0.05) is 0 Å². The van der Waals surface area contributed by atoms with Crippen LogP contribution in [0, 0.1) is 5.82 Å². The predicted molar refractivity (Wildman–Crippen MR) is 63.7 cm³/mol. The number of halogens is 2. The highest BCUT2D eigenvalue weighted by Crippen LogP contribution is 2.25. The minimum atomic E-state index is -0.650. The summed E-state index contributed by atoms with van der Waals surface area (Å²) in [6.07, 6.45) is 0. The molecule has 0 spiro atoms. The summed E-state index contributed by atoms with van der Waals surface area (Å²) in [5.74, 6) is -1.28. The number of anilines is 1. The third-order valence-corrected chi connectivity index (χ3v) is 2.36. The molecular formula is C11H13BrFNO2. The zero-order valence-electron chi connectivity index (χ0n) is 9.30. The lowest BCUT2D eigenvalue weighted by Crippen LogP contribution is -2.24. The Hall–Kier alpha value is -1.10. The molecule has 0 atom stereocenters.